The number of nitrogens with two attached hydrogens (primary N) is 1. The van der Waals surface area contributed by atoms with Gasteiger partial charge in [-0.3, -0.25) is 14.7 Å². The van der Waals surface area contributed by atoms with Gasteiger partial charge in [0, 0.05) is 83.2 Å². The number of fused-ring (bicyclic) bond motifs is 3. The maximum atomic E-state index is 13.3. The van der Waals surface area contributed by atoms with Crippen LogP contribution in [0, 0.1) is 0 Å². The Kier molecular flexibility index (Phi) is 27.5. The third-order valence-corrected chi connectivity index (χ3v) is 18.2. The summed E-state index contributed by atoms with van der Waals surface area (Å²) in [5.41, 5.74) is 7.81. The molecule has 584 valence electrons. The van der Waals surface area contributed by atoms with Crippen LogP contribution in [0.1, 0.15) is 31.1 Å². The summed E-state index contributed by atoms with van der Waals surface area (Å²) in [5, 5.41) is 40.5. The van der Waals surface area contributed by atoms with E-state index in [0.717, 1.165) is 66.7 Å². The minimum absolute atomic E-state index is 0.0189. The van der Waals surface area contributed by atoms with Gasteiger partial charge in [-0.15, -0.1) is 0 Å². The van der Waals surface area contributed by atoms with Gasteiger partial charge >= 0.3 is 45.6 Å². The van der Waals surface area contributed by atoms with E-state index < -0.39 is 73.6 Å². The van der Waals surface area contributed by atoms with Crippen molar-refractivity contribution in [1.29, 1.82) is 0 Å². The number of anilines is 3. The number of halogens is 12. The number of amides is 2. The molecule has 0 aliphatic heterocycles. The molecule has 12 rings (SSSR count). The van der Waals surface area contributed by atoms with Crippen molar-refractivity contribution in [3.05, 3.63) is 164 Å². The number of H-pyrrole nitrogens is 1. The SMILES string of the molecule is C[Si](C)(C)CCOCn1ncc(N)c1-c1cc(OC(F)F)ccc1OC(F)F.C[Si](C)(C)CCOCn1ncc(NC(=O)c2cnn3cccnc23)c1-c1cc(OC(F)F)ccc1OC(F)F.O=C(Nc1cn[nH]c1-c1cc(OC(F)F)ccc1OC(F)F)c1cnn2cccnc12.O=C(O)c1cnn2cccnc12. The predicted octanol–water partition coefficient (Wildman–Crippen LogP) is 14.0. The van der Waals surface area contributed by atoms with Gasteiger partial charge < -0.3 is 59.4 Å². The number of carboxylic acid groups (broad SMARTS) is 1. The molecule has 110 heavy (non-hydrogen) atoms. The maximum absolute atomic E-state index is 13.3. The molecule has 0 fully saturated rings. The van der Waals surface area contributed by atoms with Crippen LogP contribution < -0.4 is 44.8 Å². The molecular weight excluding hydrogens is 1520 g/mol. The fourth-order valence-corrected chi connectivity index (χ4v) is 11.4. The quantitative estimate of drug-likeness (QED) is 0.0159. The number of nitrogen functional groups attached to an aromatic ring is 1. The Hall–Kier alpha value is -12.3. The summed E-state index contributed by atoms with van der Waals surface area (Å²) in [4.78, 5) is 48.6. The summed E-state index contributed by atoms with van der Waals surface area (Å²) in [6.45, 7) is -4.85. The van der Waals surface area contributed by atoms with Gasteiger partial charge in [-0.05, 0) is 84.9 Å². The number of nitrogens with zero attached hydrogens (tertiary/aromatic N) is 14. The number of nitrogens with one attached hydrogen (secondary N) is 3. The van der Waals surface area contributed by atoms with Crippen molar-refractivity contribution in [1.82, 2.24) is 73.6 Å². The van der Waals surface area contributed by atoms with E-state index in [9.17, 15) is 67.1 Å². The lowest BCUT2D eigenvalue weighted by Crippen LogP contribution is -2.22. The fraction of sp³-hybridized carbons (Fsp3) is 0.273. The van der Waals surface area contributed by atoms with E-state index in [2.05, 4.69) is 129 Å². The number of hydrogen-bond donors (Lipinski definition) is 5. The molecule has 0 aliphatic rings. The van der Waals surface area contributed by atoms with Crippen molar-refractivity contribution in [2.75, 3.05) is 29.6 Å². The van der Waals surface area contributed by atoms with Gasteiger partial charge in [0.2, 0.25) is 0 Å². The zero-order valence-corrected chi connectivity index (χ0v) is 60.4. The maximum Gasteiger partial charge on any atom is 0.387 e. The predicted molar refractivity (Wildman–Crippen MR) is 374 cm³/mol. The summed E-state index contributed by atoms with van der Waals surface area (Å²) in [6, 6.07) is 16.5. The standard InChI is InChI=1S/C24H26F4N6O4Si.C18H12F4N6O3.C17H23F4N3O3Si.C7H5N3O2/c1-39(2,3)10-9-36-14-34-20(16-11-15(37-23(25)26)5-6-19(16)38-24(27)28)18(13-31-34)32-22(35)17-12-30-33-8-4-7-29-21(17)33;19-17(20)30-9-2-3-13(31-18(21)22)10(6-9)14-12(8-24-27-14)26-16(29)11-7-25-28-5-1-4-23-15(11)28;1-28(2,3)7-6-25-10-24-15(13(22)9-23-24)12-8-11(26-16(18)19)4-5-14(12)27-17(20)21;11-7(12)5-4-9-10-3-1-2-8-6(5)10/h4-8,11-13,23-24H,9-10,14H2,1-3H3,(H,32,35);1-8,17-18H,(H,24,27)(H,26,29);4-5,8-9,16-17H,6-7,10,22H2,1-3H3;1-4H,(H,11,12). The highest BCUT2D eigenvalue weighted by Crippen LogP contribution is 2.42. The number of carbonyl (C=O) groups excluding carboxylic acids is 2. The molecule has 0 bridgehead atoms. The first-order valence-corrected chi connectivity index (χ1v) is 39.6. The van der Waals surface area contributed by atoms with Gasteiger partial charge in [-0.2, -0.15) is 83.3 Å². The molecule has 30 nitrogen and oxygen atoms in total. The molecule has 44 heteroatoms. The van der Waals surface area contributed by atoms with Gasteiger partial charge in [-0.25, -0.2) is 42.7 Å². The van der Waals surface area contributed by atoms with E-state index in [1.54, 1.807) is 36.8 Å². The number of carbonyl (C=O) groups is 3. The van der Waals surface area contributed by atoms with Crippen LogP contribution in [0.15, 0.2) is 147 Å². The first-order valence-electron chi connectivity index (χ1n) is 32.2. The zero-order valence-electron chi connectivity index (χ0n) is 58.4. The lowest BCUT2D eigenvalue weighted by atomic mass is 10.1. The van der Waals surface area contributed by atoms with Gasteiger partial charge in [0.25, 0.3) is 11.8 Å². The van der Waals surface area contributed by atoms with E-state index in [1.165, 1.54) is 78.7 Å². The molecule has 9 aromatic heterocycles. The molecule has 9 heterocycles. The molecular formula is C66H66F12N18O12Si2. The van der Waals surface area contributed by atoms with Crippen LogP contribution in [0.25, 0.3) is 50.7 Å². The number of alkyl halides is 12. The lowest BCUT2D eigenvalue weighted by molar-refractivity contribution is -0.0527. The van der Waals surface area contributed by atoms with E-state index in [4.69, 9.17) is 20.3 Å². The van der Waals surface area contributed by atoms with Crippen LogP contribution >= 0.6 is 0 Å². The number of aromatic carboxylic acids is 1. The van der Waals surface area contributed by atoms with E-state index >= 15 is 0 Å². The Balaban J connectivity index is 0.000000178. The molecule has 0 atom stereocenters. The Morgan fingerprint density at radius 2 is 0.845 bits per heavy atom. The number of hydrogen-bond acceptors (Lipinski definition) is 21. The van der Waals surface area contributed by atoms with E-state index in [0.29, 0.717) is 24.5 Å². The van der Waals surface area contributed by atoms with Gasteiger partial charge in [0.1, 0.15) is 64.6 Å². The second kappa shape index (κ2) is 37.0. The van der Waals surface area contributed by atoms with E-state index in [-0.39, 0.29) is 121 Å². The summed E-state index contributed by atoms with van der Waals surface area (Å²) >= 11 is 0. The Labute approximate surface area is 615 Å². The summed E-state index contributed by atoms with van der Waals surface area (Å²) in [5.74, 6) is -3.98. The fourth-order valence-electron chi connectivity index (χ4n) is 9.85. The van der Waals surface area contributed by atoms with Crippen LogP contribution in [-0.4, -0.2) is 165 Å². The molecule has 2 amide bonds. The molecule has 0 spiro atoms. The molecule has 3 aromatic carbocycles. The minimum Gasteiger partial charge on any atom is -0.477 e. The molecule has 0 unspecified atom stereocenters. The van der Waals surface area contributed by atoms with Gasteiger partial charge in [0.05, 0.1) is 71.3 Å². The van der Waals surface area contributed by atoms with Crippen molar-refractivity contribution in [2.24, 2.45) is 0 Å². The summed E-state index contributed by atoms with van der Waals surface area (Å²) < 4.78 is 199. The van der Waals surface area contributed by atoms with Crippen LogP contribution in [-0.2, 0) is 22.9 Å². The molecule has 0 aliphatic carbocycles. The lowest BCUT2D eigenvalue weighted by Gasteiger charge is -2.18. The Bertz CT molecular complexity index is 5070. The van der Waals surface area contributed by atoms with Gasteiger partial charge in [-0.1, -0.05) is 39.3 Å². The van der Waals surface area contributed by atoms with Crippen molar-refractivity contribution >= 4 is 67.9 Å². The molecule has 12 aromatic rings. The zero-order chi connectivity index (χ0) is 79.6. The van der Waals surface area contributed by atoms with E-state index in [1.807, 2.05) is 0 Å². The second-order valence-electron chi connectivity index (χ2n) is 25.0. The van der Waals surface area contributed by atoms with Gasteiger partial charge in [0.15, 0.2) is 16.9 Å². The molecule has 0 saturated heterocycles. The van der Waals surface area contributed by atoms with Crippen LogP contribution in [0.5, 0.6) is 34.5 Å². The number of carboxylic acids is 1. The van der Waals surface area contributed by atoms with Crippen molar-refractivity contribution < 1.29 is 110 Å². The monoisotopic (exact) mass is 1590 g/mol. The van der Waals surface area contributed by atoms with Crippen LogP contribution in [0.4, 0.5) is 69.7 Å². The minimum atomic E-state index is -3.21. The number of rotatable bonds is 30. The highest BCUT2D eigenvalue weighted by atomic mass is 28.3. The molecule has 0 saturated carbocycles. The summed E-state index contributed by atoms with van der Waals surface area (Å²) in [6.07, 6.45) is 17.1. The van der Waals surface area contributed by atoms with Crippen LogP contribution in [0.3, 0.4) is 0 Å². The first kappa shape index (κ1) is 81.7. The average Bonchev–Trinajstić information content (AvgIpc) is 1.57. The molecule has 0 radical (unpaired) electrons. The van der Waals surface area contributed by atoms with Crippen molar-refractivity contribution in [3.8, 4) is 68.3 Å². The number of benzene rings is 3. The highest BCUT2D eigenvalue weighted by Gasteiger charge is 2.28. The van der Waals surface area contributed by atoms with Crippen molar-refractivity contribution in [3.63, 3.8) is 0 Å². The smallest absolute Gasteiger partial charge is 0.387 e. The summed E-state index contributed by atoms with van der Waals surface area (Å²) in [7, 11) is -2.70. The average molecular weight is 1590 g/mol. The number of aromatic amines is 1. The second-order valence-corrected chi connectivity index (χ2v) is 36.2. The number of ether oxygens (including phenoxy) is 8. The topological polar surface area (TPSA) is 350 Å². The number of aromatic nitrogens is 15. The highest BCUT2D eigenvalue weighted by molar-refractivity contribution is 6.76. The molecule has 6 N–H and O–H groups in total. The normalized spacial score (nSPS) is 11.6. The Morgan fingerprint density at radius 3 is 1.26 bits per heavy atom. The largest absolute Gasteiger partial charge is 0.477 e. The third-order valence-electron chi connectivity index (χ3n) is 14.8. The first-order chi connectivity index (χ1) is 52.3. The van der Waals surface area contributed by atoms with Crippen LogP contribution in [0.2, 0.25) is 51.4 Å². The van der Waals surface area contributed by atoms with Crippen molar-refractivity contribution in [2.45, 2.75) is 105 Å². The third kappa shape index (κ3) is 22.6. The Morgan fingerprint density at radius 1 is 0.473 bits per heavy atom.